The summed E-state index contributed by atoms with van der Waals surface area (Å²) in [5.41, 5.74) is 3.08. The number of aromatic nitrogens is 2. The van der Waals surface area contributed by atoms with Crippen molar-refractivity contribution in [2.24, 2.45) is 0 Å². The number of carbonyl (C=O) groups excluding carboxylic acids is 1. The number of piperazine rings is 1. The highest BCUT2D eigenvalue weighted by atomic mass is 16.6. The van der Waals surface area contributed by atoms with Crippen LogP contribution in [0, 0.1) is 6.92 Å². The molecule has 1 aliphatic rings. The number of fused-ring (bicyclic) bond motifs is 1. The minimum Gasteiger partial charge on any atom is -0.450 e. The number of anilines is 3. The number of benzene rings is 2. The number of para-hydroxylation sites is 1. The first-order valence-corrected chi connectivity index (χ1v) is 9.91. The lowest BCUT2D eigenvalue weighted by Gasteiger charge is -2.34. The molecule has 0 saturated carbocycles. The fourth-order valence-corrected chi connectivity index (χ4v) is 3.38. The SMILES string of the molecule is CCOC(=O)N1CCN(c2nc(Nc3ccc(C)cc3)c3ccccc3n2)CC1. The van der Waals surface area contributed by atoms with E-state index < -0.39 is 0 Å². The number of hydrogen-bond donors (Lipinski definition) is 1. The Kier molecular flexibility index (Phi) is 5.46. The molecule has 150 valence electrons. The van der Waals surface area contributed by atoms with E-state index in [4.69, 9.17) is 14.7 Å². The Morgan fingerprint density at radius 1 is 1.03 bits per heavy atom. The van der Waals surface area contributed by atoms with Gasteiger partial charge in [0.15, 0.2) is 0 Å². The molecule has 0 spiro atoms. The molecular formula is C22H25N5O2. The Balaban J connectivity index is 1.59. The van der Waals surface area contributed by atoms with Gasteiger partial charge in [0.05, 0.1) is 12.1 Å². The van der Waals surface area contributed by atoms with E-state index in [-0.39, 0.29) is 6.09 Å². The number of rotatable bonds is 4. The molecule has 7 heteroatoms. The molecule has 1 aliphatic heterocycles. The van der Waals surface area contributed by atoms with Gasteiger partial charge in [-0.15, -0.1) is 0 Å². The Labute approximate surface area is 170 Å². The molecule has 0 aliphatic carbocycles. The van der Waals surface area contributed by atoms with E-state index in [0.717, 1.165) is 22.4 Å². The summed E-state index contributed by atoms with van der Waals surface area (Å²) in [7, 11) is 0. The van der Waals surface area contributed by atoms with E-state index in [1.54, 1.807) is 4.90 Å². The summed E-state index contributed by atoms with van der Waals surface area (Å²) >= 11 is 0. The topological polar surface area (TPSA) is 70.6 Å². The maximum absolute atomic E-state index is 11.9. The molecule has 0 atom stereocenters. The molecule has 3 aromatic rings. The first-order chi connectivity index (χ1) is 14.1. The predicted octanol–water partition coefficient (Wildman–Crippen LogP) is 3.96. The highest BCUT2D eigenvalue weighted by molar-refractivity contribution is 5.91. The van der Waals surface area contributed by atoms with Crippen molar-refractivity contribution in [1.29, 1.82) is 0 Å². The van der Waals surface area contributed by atoms with Crippen LogP contribution >= 0.6 is 0 Å². The number of hydrogen-bond acceptors (Lipinski definition) is 6. The summed E-state index contributed by atoms with van der Waals surface area (Å²) in [5.74, 6) is 1.45. The Bertz CT molecular complexity index is 998. The second-order valence-electron chi connectivity index (χ2n) is 7.05. The van der Waals surface area contributed by atoms with Crippen molar-refractivity contribution in [3.05, 3.63) is 54.1 Å². The lowest BCUT2D eigenvalue weighted by atomic mass is 10.2. The average Bonchev–Trinajstić information content (AvgIpc) is 2.75. The van der Waals surface area contributed by atoms with E-state index in [1.807, 2.05) is 43.3 Å². The van der Waals surface area contributed by atoms with Gasteiger partial charge in [0, 0.05) is 37.3 Å². The van der Waals surface area contributed by atoms with E-state index in [9.17, 15) is 4.79 Å². The number of carbonyl (C=O) groups is 1. The van der Waals surface area contributed by atoms with Crippen molar-refractivity contribution in [1.82, 2.24) is 14.9 Å². The number of ether oxygens (including phenoxy) is 1. The lowest BCUT2D eigenvalue weighted by Crippen LogP contribution is -2.49. The second-order valence-corrected chi connectivity index (χ2v) is 7.05. The van der Waals surface area contributed by atoms with Gasteiger partial charge in [-0.1, -0.05) is 29.8 Å². The van der Waals surface area contributed by atoms with Gasteiger partial charge in [0.25, 0.3) is 0 Å². The highest BCUT2D eigenvalue weighted by Crippen LogP contribution is 2.27. The van der Waals surface area contributed by atoms with Crippen LogP contribution in [0.2, 0.25) is 0 Å². The fraction of sp³-hybridized carbons (Fsp3) is 0.318. The van der Waals surface area contributed by atoms with Crippen molar-refractivity contribution in [3.63, 3.8) is 0 Å². The van der Waals surface area contributed by atoms with Crippen LogP contribution in [0.15, 0.2) is 48.5 Å². The Morgan fingerprint density at radius 3 is 2.48 bits per heavy atom. The summed E-state index contributed by atoms with van der Waals surface area (Å²) in [6, 6.07) is 16.2. The molecule has 7 nitrogen and oxygen atoms in total. The summed E-state index contributed by atoms with van der Waals surface area (Å²) < 4.78 is 5.10. The Morgan fingerprint density at radius 2 is 1.76 bits per heavy atom. The van der Waals surface area contributed by atoms with Crippen LogP contribution in [0.3, 0.4) is 0 Å². The number of amides is 1. The van der Waals surface area contributed by atoms with Crippen molar-refractivity contribution in [2.45, 2.75) is 13.8 Å². The number of aryl methyl sites for hydroxylation is 1. The van der Waals surface area contributed by atoms with Gasteiger partial charge in [0.1, 0.15) is 5.82 Å². The van der Waals surface area contributed by atoms with Crippen LogP contribution in [0.4, 0.5) is 22.2 Å². The van der Waals surface area contributed by atoms with Gasteiger partial charge >= 0.3 is 6.09 Å². The van der Waals surface area contributed by atoms with E-state index >= 15 is 0 Å². The molecule has 4 rings (SSSR count). The van der Waals surface area contributed by atoms with Gasteiger partial charge in [-0.25, -0.2) is 9.78 Å². The third kappa shape index (κ3) is 4.23. The smallest absolute Gasteiger partial charge is 0.409 e. The van der Waals surface area contributed by atoms with E-state index in [0.29, 0.717) is 38.7 Å². The highest BCUT2D eigenvalue weighted by Gasteiger charge is 2.24. The van der Waals surface area contributed by atoms with Crippen LogP contribution in [0.1, 0.15) is 12.5 Å². The summed E-state index contributed by atoms with van der Waals surface area (Å²) in [6.07, 6.45) is -0.256. The van der Waals surface area contributed by atoms with Gasteiger partial charge in [-0.2, -0.15) is 4.98 Å². The average molecular weight is 391 g/mol. The van der Waals surface area contributed by atoms with Crippen LogP contribution < -0.4 is 10.2 Å². The zero-order valence-electron chi connectivity index (χ0n) is 16.8. The first kappa shape index (κ1) is 19.0. The van der Waals surface area contributed by atoms with Crippen LogP contribution in [-0.2, 0) is 4.74 Å². The number of nitrogens with zero attached hydrogens (tertiary/aromatic N) is 4. The zero-order chi connectivity index (χ0) is 20.2. The summed E-state index contributed by atoms with van der Waals surface area (Å²) in [5, 5.41) is 4.41. The molecule has 0 bridgehead atoms. The van der Waals surface area contributed by atoms with Gasteiger partial charge < -0.3 is 19.9 Å². The summed E-state index contributed by atoms with van der Waals surface area (Å²) in [4.78, 5) is 25.4. The largest absolute Gasteiger partial charge is 0.450 e. The number of nitrogens with one attached hydrogen (secondary N) is 1. The first-order valence-electron chi connectivity index (χ1n) is 9.91. The van der Waals surface area contributed by atoms with Crippen LogP contribution in [0.5, 0.6) is 0 Å². The molecule has 1 amide bonds. The van der Waals surface area contributed by atoms with Crippen molar-refractivity contribution in [2.75, 3.05) is 43.0 Å². The van der Waals surface area contributed by atoms with Gasteiger partial charge in [0.2, 0.25) is 5.95 Å². The predicted molar refractivity (Wildman–Crippen MR) is 115 cm³/mol. The molecule has 0 unspecified atom stereocenters. The van der Waals surface area contributed by atoms with Crippen molar-refractivity contribution in [3.8, 4) is 0 Å². The van der Waals surface area contributed by atoms with Crippen molar-refractivity contribution >= 4 is 34.4 Å². The quantitative estimate of drug-likeness (QED) is 0.726. The normalized spacial score (nSPS) is 14.1. The second kappa shape index (κ2) is 8.34. The van der Waals surface area contributed by atoms with Crippen LogP contribution in [-0.4, -0.2) is 53.7 Å². The van der Waals surface area contributed by atoms with Gasteiger partial charge in [-0.05, 0) is 38.1 Å². The maximum Gasteiger partial charge on any atom is 0.409 e. The molecule has 1 aromatic heterocycles. The van der Waals surface area contributed by atoms with E-state index in [1.165, 1.54) is 5.56 Å². The standard InChI is InChI=1S/C22H25N5O2/c1-3-29-22(28)27-14-12-26(13-15-27)21-24-19-7-5-4-6-18(19)20(25-21)23-17-10-8-16(2)9-11-17/h4-11H,3,12-15H2,1-2H3,(H,23,24,25). The zero-order valence-corrected chi connectivity index (χ0v) is 16.8. The van der Waals surface area contributed by atoms with Gasteiger partial charge in [-0.3, -0.25) is 0 Å². The molecule has 1 N–H and O–H groups in total. The minimum absolute atomic E-state index is 0.256. The molecule has 0 radical (unpaired) electrons. The third-order valence-electron chi connectivity index (χ3n) is 4.99. The molecule has 1 saturated heterocycles. The van der Waals surface area contributed by atoms with Crippen LogP contribution in [0.25, 0.3) is 10.9 Å². The molecule has 29 heavy (non-hydrogen) atoms. The molecular weight excluding hydrogens is 366 g/mol. The lowest BCUT2D eigenvalue weighted by molar-refractivity contribution is 0.105. The van der Waals surface area contributed by atoms with E-state index in [2.05, 4.69) is 29.3 Å². The Hall–Kier alpha value is -3.35. The maximum atomic E-state index is 11.9. The van der Waals surface area contributed by atoms with Crippen molar-refractivity contribution < 1.29 is 9.53 Å². The molecule has 1 fully saturated rings. The fourth-order valence-electron chi connectivity index (χ4n) is 3.38. The monoisotopic (exact) mass is 391 g/mol. The molecule has 2 heterocycles. The third-order valence-corrected chi connectivity index (χ3v) is 4.99. The molecule has 2 aromatic carbocycles. The minimum atomic E-state index is -0.256. The summed E-state index contributed by atoms with van der Waals surface area (Å²) in [6.45, 7) is 6.80.